The maximum absolute atomic E-state index is 4.45. The normalized spacial score (nSPS) is 25.1. The topological polar surface area (TPSA) is 27.4 Å². The number of hydrogen-bond donors (Lipinski definition) is 1. The summed E-state index contributed by atoms with van der Waals surface area (Å²) in [5, 5.41) is 0.980. The third-order valence-electron chi connectivity index (χ3n) is 1.63. The summed E-state index contributed by atoms with van der Waals surface area (Å²) >= 11 is 1.63. The highest BCUT2D eigenvalue weighted by Gasteiger charge is 2.36. The predicted octanol–water partition coefficient (Wildman–Crippen LogP) is 1.06. The van der Waals surface area contributed by atoms with Crippen LogP contribution >= 0.6 is 11.8 Å². The Hall–Kier alpha value is -0.510. The maximum atomic E-state index is 4.45. The minimum Gasteiger partial charge on any atom is -0.184 e. The van der Waals surface area contributed by atoms with Crippen LogP contribution in [-0.2, 0) is 0 Å². The van der Waals surface area contributed by atoms with Crippen molar-refractivity contribution in [2.45, 2.75) is 26.4 Å². The molecule has 0 aromatic rings. The second-order valence-electron chi connectivity index (χ2n) is 2.86. The highest BCUT2D eigenvalue weighted by Crippen LogP contribution is 2.17. The molecule has 0 aliphatic carbocycles. The number of aliphatic imine (C=N–C) groups is 1. The molecule has 0 saturated heterocycles. The van der Waals surface area contributed by atoms with E-state index in [0.717, 1.165) is 5.17 Å². The molecule has 0 saturated carbocycles. The summed E-state index contributed by atoms with van der Waals surface area (Å²) in [6, 6.07) is 0. The quantitative estimate of drug-likeness (QED) is 0.553. The van der Waals surface area contributed by atoms with Gasteiger partial charge in [-0.1, -0.05) is 16.4 Å². The Morgan fingerprint density at radius 1 is 1.64 bits per heavy atom. The molecule has 1 aliphatic heterocycles. The van der Waals surface area contributed by atoms with Crippen molar-refractivity contribution in [3.05, 3.63) is 0 Å². The molecule has 0 radical (unpaired) electrons. The maximum Gasteiger partial charge on any atom is 0.279 e. The molecule has 0 spiro atoms. The van der Waals surface area contributed by atoms with Gasteiger partial charge in [0.1, 0.15) is 0 Å². The van der Waals surface area contributed by atoms with Gasteiger partial charge in [-0.3, -0.25) is 0 Å². The zero-order chi connectivity index (χ0) is 8.48. The Labute approximate surface area is 71.6 Å². The lowest BCUT2D eigenvalue weighted by atomic mass is 10.3. The van der Waals surface area contributed by atoms with Crippen LogP contribution in [-0.4, -0.2) is 28.0 Å². The minimum absolute atomic E-state index is 0.132. The van der Waals surface area contributed by atoms with Gasteiger partial charge in [0.2, 0.25) is 5.17 Å². The fourth-order valence-corrected chi connectivity index (χ4v) is 1.54. The highest BCUT2D eigenvalue weighted by molar-refractivity contribution is 8.13. The summed E-state index contributed by atoms with van der Waals surface area (Å²) in [6.45, 7) is 6.14. The number of hydrogen-bond acceptors (Lipinski definition) is 3. The third-order valence-corrected chi connectivity index (χ3v) is 2.20. The first-order valence-corrected chi connectivity index (χ1v) is 4.82. The number of thioether (sulfide) groups is 1. The third kappa shape index (κ3) is 1.56. The first-order chi connectivity index (χ1) is 5.10. The van der Waals surface area contributed by atoms with Crippen LogP contribution in [0.4, 0.5) is 0 Å². The average Bonchev–Trinajstić information content (AvgIpc) is 2.24. The van der Waals surface area contributed by atoms with Crippen molar-refractivity contribution in [3.8, 4) is 0 Å². The van der Waals surface area contributed by atoms with Crippen LogP contribution in [0.2, 0.25) is 0 Å². The van der Waals surface area contributed by atoms with E-state index in [1.165, 1.54) is 0 Å². The summed E-state index contributed by atoms with van der Waals surface area (Å²) < 4.78 is 2.00. The van der Waals surface area contributed by atoms with E-state index in [2.05, 4.69) is 24.3 Å². The van der Waals surface area contributed by atoms with Crippen LogP contribution in [0.3, 0.4) is 0 Å². The number of nitrogens with one attached hydrogen (secondary N) is 1. The second-order valence-corrected chi connectivity index (χ2v) is 3.65. The molecule has 0 fully saturated rings. The Morgan fingerprint density at radius 3 is 2.55 bits per heavy atom. The van der Waals surface area contributed by atoms with E-state index in [1.807, 2.05) is 24.1 Å². The molecule has 1 aliphatic rings. The van der Waals surface area contributed by atoms with Crippen LogP contribution in [0.1, 0.15) is 20.8 Å². The number of hydrazone groups is 1. The molecule has 0 aromatic carbocycles. The van der Waals surface area contributed by atoms with Crippen molar-refractivity contribution in [3.63, 3.8) is 0 Å². The van der Waals surface area contributed by atoms with Gasteiger partial charge in [-0.2, -0.15) is 4.99 Å². The zero-order valence-corrected chi connectivity index (χ0v) is 8.20. The molecule has 0 unspecified atom stereocenters. The summed E-state index contributed by atoms with van der Waals surface area (Å²) in [7, 11) is 0. The largest absolute Gasteiger partial charge is 0.279 e. The summed E-state index contributed by atoms with van der Waals surface area (Å²) in [5.74, 6) is 0. The lowest BCUT2D eigenvalue weighted by Gasteiger charge is -2.07. The van der Waals surface area contributed by atoms with E-state index in [-0.39, 0.29) is 5.66 Å². The van der Waals surface area contributed by atoms with Crippen LogP contribution in [0.5, 0.6) is 0 Å². The van der Waals surface area contributed by atoms with Gasteiger partial charge in [0.25, 0.3) is 5.66 Å². The van der Waals surface area contributed by atoms with Crippen LogP contribution < -0.4 is 5.43 Å². The highest BCUT2D eigenvalue weighted by atomic mass is 32.2. The van der Waals surface area contributed by atoms with E-state index in [1.54, 1.807) is 11.8 Å². The summed E-state index contributed by atoms with van der Waals surface area (Å²) in [4.78, 5) is 4.45. The molecule has 0 bridgehead atoms. The zero-order valence-electron chi connectivity index (χ0n) is 7.38. The van der Waals surface area contributed by atoms with E-state index < -0.39 is 0 Å². The van der Waals surface area contributed by atoms with E-state index in [0.29, 0.717) is 0 Å². The second kappa shape index (κ2) is 2.85. The van der Waals surface area contributed by atoms with Crippen molar-refractivity contribution in [1.82, 2.24) is 5.43 Å². The molecular weight excluding hydrogens is 158 g/mol. The molecule has 1 N–H and O–H groups in total. The minimum atomic E-state index is -0.132. The number of hydrazine groups is 1. The SMILES string of the molecule is C/C=[N+]1/NC(SC)=NC1(C)C. The Morgan fingerprint density at radius 2 is 2.27 bits per heavy atom. The van der Waals surface area contributed by atoms with Gasteiger partial charge in [0.05, 0.1) is 0 Å². The van der Waals surface area contributed by atoms with E-state index in [4.69, 9.17) is 0 Å². The molecule has 3 nitrogen and oxygen atoms in total. The van der Waals surface area contributed by atoms with Gasteiger partial charge in [0.15, 0.2) is 6.21 Å². The van der Waals surface area contributed by atoms with Gasteiger partial charge in [0, 0.05) is 20.8 Å². The Kier molecular flexibility index (Phi) is 2.23. The van der Waals surface area contributed by atoms with E-state index >= 15 is 0 Å². The molecule has 0 amide bonds. The van der Waals surface area contributed by atoms with Gasteiger partial charge in [-0.25, -0.2) is 0 Å². The number of rotatable bonds is 0. The van der Waals surface area contributed by atoms with Crippen molar-refractivity contribution >= 4 is 23.1 Å². The molecule has 1 heterocycles. The van der Waals surface area contributed by atoms with Crippen LogP contribution in [0, 0.1) is 0 Å². The van der Waals surface area contributed by atoms with Crippen molar-refractivity contribution in [2.24, 2.45) is 4.99 Å². The summed E-state index contributed by atoms with van der Waals surface area (Å²) in [5.41, 5.74) is 3.04. The first-order valence-electron chi connectivity index (χ1n) is 3.59. The molecule has 0 aromatic heterocycles. The van der Waals surface area contributed by atoms with Gasteiger partial charge < -0.3 is 0 Å². The smallest absolute Gasteiger partial charge is 0.184 e. The average molecular weight is 172 g/mol. The number of amidine groups is 1. The van der Waals surface area contributed by atoms with Crippen molar-refractivity contribution in [2.75, 3.05) is 6.26 Å². The lowest BCUT2D eigenvalue weighted by molar-refractivity contribution is -0.623. The van der Waals surface area contributed by atoms with Gasteiger partial charge in [-0.15, -0.1) is 5.43 Å². The van der Waals surface area contributed by atoms with Gasteiger partial charge >= 0.3 is 0 Å². The molecule has 0 atom stereocenters. The van der Waals surface area contributed by atoms with Crippen LogP contribution in [0.25, 0.3) is 0 Å². The number of nitrogens with zero attached hydrogens (tertiary/aromatic N) is 2. The molecule has 11 heavy (non-hydrogen) atoms. The summed E-state index contributed by atoms with van der Waals surface area (Å²) in [6.07, 6.45) is 4.01. The van der Waals surface area contributed by atoms with Gasteiger partial charge in [-0.05, 0) is 6.26 Å². The van der Waals surface area contributed by atoms with Crippen LogP contribution in [0.15, 0.2) is 4.99 Å². The molecule has 62 valence electrons. The fraction of sp³-hybridized carbons (Fsp3) is 0.714. The fourth-order valence-electron chi connectivity index (χ4n) is 1.04. The van der Waals surface area contributed by atoms with Crippen molar-refractivity contribution in [1.29, 1.82) is 0 Å². The Bertz CT molecular complexity index is 218. The van der Waals surface area contributed by atoms with Crippen molar-refractivity contribution < 1.29 is 4.68 Å². The molecule has 1 rings (SSSR count). The predicted molar refractivity (Wildman–Crippen MR) is 50.2 cm³/mol. The monoisotopic (exact) mass is 172 g/mol. The standard InChI is InChI=1S/C7H14N3S/c1-5-10-7(2,3)8-6(9-10)11-4/h5H,1-4H3,(H,8,9)/q+1/b10-5+. The van der Waals surface area contributed by atoms with E-state index in [9.17, 15) is 0 Å². The first kappa shape index (κ1) is 8.59. The Balaban J connectivity index is 2.86. The lowest BCUT2D eigenvalue weighted by Crippen LogP contribution is -2.37. The molecule has 4 heteroatoms. The molecular formula is C7H14N3S+.